The third-order valence-corrected chi connectivity index (χ3v) is 4.14. The van der Waals surface area contributed by atoms with E-state index in [0.29, 0.717) is 12.3 Å². The molecule has 1 unspecified atom stereocenters. The summed E-state index contributed by atoms with van der Waals surface area (Å²) in [5.41, 5.74) is 0.671. The second-order valence-electron chi connectivity index (χ2n) is 5.95. The van der Waals surface area contributed by atoms with Gasteiger partial charge in [0.05, 0.1) is 18.4 Å². The highest BCUT2D eigenvalue weighted by molar-refractivity contribution is 5.93. The maximum atomic E-state index is 12.9. The molecular formula is C19H19N3O4. The number of amides is 1. The molecule has 26 heavy (non-hydrogen) atoms. The van der Waals surface area contributed by atoms with Crippen LogP contribution < -0.4 is 0 Å². The van der Waals surface area contributed by atoms with E-state index in [2.05, 4.69) is 9.97 Å². The van der Waals surface area contributed by atoms with Crippen molar-refractivity contribution in [3.63, 3.8) is 0 Å². The second kappa shape index (κ2) is 7.35. The number of aromatic carboxylic acids is 1. The maximum Gasteiger partial charge on any atom is 0.356 e. The summed E-state index contributed by atoms with van der Waals surface area (Å²) in [6.07, 6.45) is 3.04. The molecule has 1 amide bonds. The Kier molecular flexibility index (Phi) is 4.97. The number of carboxylic acids is 1. The Morgan fingerprint density at radius 2 is 1.88 bits per heavy atom. The van der Waals surface area contributed by atoms with Crippen LogP contribution in [0.25, 0.3) is 11.0 Å². The number of carbonyl (C=O) groups excluding carboxylic acids is 1. The topological polar surface area (TPSA) is 96.5 Å². The molecule has 0 fully saturated rings. The van der Waals surface area contributed by atoms with Crippen molar-refractivity contribution in [1.29, 1.82) is 0 Å². The first-order valence-electron chi connectivity index (χ1n) is 8.36. The molecule has 0 spiro atoms. The lowest BCUT2D eigenvalue weighted by Gasteiger charge is -2.27. The van der Waals surface area contributed by atoms with Gasteiger partial charge in [-0.05, 0) is 25.5 Å². The summed E-state index contributed by atoms with van der Waals surface area (Å²) in [5, 5.41) is 9.88. The van der Waals surface area contributed by atoms with E-state index in [0.717, 1.165) is 23.6 Å². The predicted molar refractivity (Wildman–Crippen MR) is 94.9 cm³/mol. The van der Waals surface area contributed by atoms with Crippen LogP contribution in [0.2, 0.25) is 0 Å². The van der Waals surface area contributed by atoms with E-state index in [1.807, 2.05) is 44.2 Å². The van der Waals surface area contributed by atoms with Gasteiger partial charge in [0.15, 0.2) is 5.69 Å². The zero-order chi connectivity index (χ0) is 18.7. The van der Waals surface area contributed by atoms with Gasteiger partial charge < -0.3 is 14.4 Å². The number of hydrogen-bond donors (Lipinski definition) is 1. The van der Waals surface area contributed by atoms with E-state index >= 15 is 0 Å². The van der Waals surface area contributed by atoms with E-state index < -0.39 is 5.97 Å². The molecule has 2 aromatic heterocycles. The Morgan fingerprint density at radius 3 is 2.50 bits per heavy atom. The SMILES string of the molecule is CCCN(C(=O)c1cnc(C(=O)O)cn1)C(C)c1cc2ccccc2o1. The van der Waals surface area contributed by atoms with Crippen molar-refractivity contribution in [2.45, 2.75) is 26.3 Å². The molecule has 0 radical (unpaired) electrons. The highest BCUT2D eigenvalue weighted by Gasteiger charge is 2.26. The number of hydrogen-bond acceptors (Lipinski definition) is 5. The lowest BCUT2D eigenvalue weighted by Crippen LogP contribution is -2.34. The number of aromatic nitrogens is 2. The molecule has 0 saturated heterocycles. The zero-order valence-corrected chi connectivity index (χ0v) is 14.5. The van der Waals surface area contributed by atoms with Crippen LogP contribution in [0.4, 0.5) is 0 Å². The summed E-state index contributed by atoms with van der Waals surface area (Å²) < 4.78 is 5.89. The van der Waals surface area contributed by atoms with E-state index in [4.69, 9.17) is 9.52 Å². The Hall–Kier alpha value is -3.22. The molecule has 3 aromatic rings. The molecule has 3 rings (SSSR count). The maximum absolute atomic E-state index is 12.9. The molecule has 1 N–H and O–H groups in total. The second-order valence-corrected chi connectivity index (χ2v) is 5.95. The molecule has 0 aliphatic carbocycles. The third-order valence-electron chi connectivity index (χ3n) is 4.14. The fourth-order valence-electron chi connectivity index (χ4n) is 2.77. The minimum atomic E-state index is -1.18. The first kappa shape index (κ1) is 17.6. The molecule has 0 aliphatic rings. The zero-order valence-electron chi connectivity index (χ0n) is 14.5. The van der Waals surface area contributed by atoms with E-state index in [-0.39, 0.29) is 23.3 Å². The average Bonchev–Trinajstić information content (AvgIpc) is 3.09. The molecule has 1 atom stereocenters. The van der Waals surface area contributed by atoms with Gasteiger partial charge in [-0.3, -0.25) is 4.79 Å². The number of para-hydroxylation sites is 1. The Balaban J connectivity index is 1.89. The molecule has 0 aliphatic heterocycles. The number of rotatable bonds is 6. The Labute approximate surface area is 150 Å². The predicted octanol–water partition coefficient (Wildman–Crippen LogP) is 3.53. The molecule has 0 saturated carbocycles. The molecular weight excluding hydrogens is 334 g/mol. The van der Waals surface area contributed by atoms with Crippen LogP contribution in [-0.2, 0) is 0 Å². The van der Waals surface area contributed by atoms with Crippen molar-refractivity contribution in [3.8, 4) is 0 Å². The van der Waals surface area contributed by atoms with Gasteiger partial charge in [-0.15, -0.1) is 0 Å². The normalized spacial score (nSPS) is 12.1. The summed E-state index contributed by atoms with van der Waals surface area (Å²) >= 11 is 0. The molecule has 7 nitrogen and oxygen atoms in total. The van der Waals surface area contributed by atoms with E-state index in [9.17, 15) is 9.59 Å². The summed E-state index contributed by atoms with van der Waals surface area (Å²) in [5.74, 6) is -0.815. The highest BCUT2D eigenvalue weighted by atomic mass is 16.4. The van der Waals surface area contributed by atoms with Crippen LogP contribution in [0.1, 0.15) is 53.0 Å². The average molecular weight is 353 g/mol. The fraction of sp³-hybridized carbons (Fsp3) is 0.263. The minimum absolute atomic E-state index is 0.103. The molecule has 1 aromatic carbocycles. The number of fused-ring (bicyclic) bond motifs is 1. The summed E-state index contributed by atoms with van der Waals surface area (Å²) in [6, 6.07) is 9.30. The van der Waals surface area contributed by atoms with Crippen LogP contribution in [0.15, 0.2) is 47.1 Å². The van der Waals surface area contributed by atoms with Gasteiger partial charge in [0.1, 0.15) is 17.0 Å². The standard InChI is InChI=1S/C19H19N3O4/c1-3-8-22(18(23)14-10-21-15(11-20-14)19(24)25)12(2)17-9-13-6-4-5-7-16(13)26-17/h4-7,9-12H,3,8H2,1-2H3,(H,24,25). The van der Waals surface area contributed by atoms with E-state index in [1.165, 1.54) is 6.20 Å². The number of carboxylic acid groups (broad SMARTS) is 1. The number of furan rings is 1. The molecule has 2 heterocycles. The number of carbonyl (C=O) groups is 2. The van der Waals surface area contributed by atoms with Gasteiger partial charge in [0.2, 0.25) is 0 Å². The third kappa shape index (κ3) is 3.42. The smallest absolute Gasteiger partial charge is 0.356 e. The minimum Gasteiger partial charge on any atom is -0.476 e. The van der Waals surface area contributed by atoms with Crippen molar-refractivity contribution in [1.82, 2.24) is 14.9 Å². The van der Waals surface area contributed by atoms with Crippen LogP contribution in [0.3, 0.4) is 0 Å². The quantitative estimate of drug-likeness (QED) is 0.728. The first-order chi connectivity index (χ1) is 12.5. The van der Waals surface area contributed by atoms with Crippen LogP contribution in [0, 0.1) is 0 Å². The largest absolute Gasteiger partial charge is 0.476 e. The number of benzene rings is 1. The van der Waals surface area contributed by atoms with Gasteiger partial charge in [-0.1, -0.05) is 25.1 Å². The Bertz CT molecular complexity index is 900. The van der Waals surface area contributed by atoms with Crippen LogP contribution in [0.5, 0.6) is 0 Å². The van der Waals surface area contributed by atoms with Crippen LogP contribution >= 0.6 is 0 Å². The van der Waals surface area contributed by atoms with Gasteiger partial charge in [0, 0.05) is 11.9 Å². The van der Waals surface area contributed by atoms with Gasteiger partial charge in [-0.25, -0.2) is 14.8 Å². The van der Waals surface area contributed by atoms with Crippen molar-refractivity contribution in [2.75, 3.05) is 6.54 Å². The summed E-state index contributed by atoms with van der Waals surface area (Å²) in [7, 11) is 0. The number of nitrogens with zero attached hydrogens (tertiary/aromatic N) is 3. The lowest BCUT2D eigenvalue weighted by molar-refractivity contribution is 0.0657. The van der Waals surface area contributed by atoms with Crippen molar-refractivity contribution >= 4 is 22.8 Å². The lowest BCUT2D eigenvalue weighted by atomic mass is 10.1. The fourth-order valence-corrected chi connectivity index (χ4v) is 2.77. The molecule has 7 heteroatoms. The Morgan fingerprint density at radius 1 is 1.19 bits per heavy atom. The van der Waals surface area contributed by atoms with E-state index in [1.54, 1.807) is 4.90 Å². The van der Waals surface area contributed by atoms with Gasteiger partial charge >= 0.3 is 5.97 Å². The summed E-state index contributed by atoms with van der Waals surface area (Å²) in [6.45, 7) is 4.38. The summed E-state index contributed by atoms with van der Waals surface area (Å²) in [4.78, 5) is 33.2. The molecule has 0 bridgehead atoms. The first-order valence-corrected chi connectivity index (χ1v) is 8.36. The van der Waals surface area contributed by atoms with Crippen molar-refractivity contribution < 1.29 is 19.1 Å². The van der Waals surface area contributed by atoms with Crippen molar-refractivity contribution in [3.05, 3.63) is 59.9 Å². The molecule has 134 valence electrons. The monoisotopic (exact) mass is 353 g/mol. The van der Waals surface area contributed by atoms with Gasteiger partial charge in [0.25, 0.3) is 5.91 Å². The van der Waals surface area contributed by atoms with Crippen molar-refractivity contribution in [2.24, 2.45) is 0 Å². The highest BCUT2D eigenvalue weighted by Crippen LogP contribution is 2.28. The van der Waals surface area contributed by atoms with Crippen LogP contribution in [-0.4, -0.2) is 38.4 Å². The van der Waals surface area contributed by atoms with Gasteiger partial charge in [-0.2, -0.15) is 0 Å².